The van der Waals surface area contributed by atoms with Crippen molar-refractivity contribution in [1.82, 2.24) is 24.4 Å². The highest BCUT2D eigenvalue weighted by molar-refractivity contribution is 5.86. The van der Waals surface area contributed by atoms with Crippen LogP contribution in [0.4, 0.5) is 4.39 Å². The lowest BCUT2D eigenvalue weighted by atomic mass is 10.2. The maximum Gasteiger partial charge on any atom is 0.360 e. The maximum atomic E-state index is 14.2. The number of aromatic nitrogens is 5. The van der Waals surface area contributed by atoms with Crippen molar-refractivity contribution >= 4 is 11.6 Å². The number of ether oxygens (including phenoxy) is 1. The van der Waals surface area contributed by atoms with E-state index in [-0.39, 0.29) is 18.1 Å². The second kappa shape index (κ2) is 5.70. The Morgan fingerprint density at radius 1 is 1.38 bits per heavy atom. The monoisotopic (exact) mass is 329 g/mol. The van der Waals surface area contributed by atoms with Crippen molar-refractivity contribution in [2.24, 2.45) is 0 Å². The van der Waals surface area contributed by atoms with Gasteiger partial charge in [0.2, 0.25) is 0 Å². The van der Waals surface area contributed by atoms with E-state index in [2.05, 4.69) is 15.3 Å². The summed E-state index contributed by atoms with van der Waals surface area (Å²) in [6, 6.07) is 1.57. The molecule has 1 saturated carbocycles. The highest BCUT2D eigenvalue weighted by atomic mass is 19.1. The van der Waals surface area contributed by atoms with Crippen LogP contribution in [0.3, 0.4) is 0 Å². The largest absolute Gasteiger partial charge is 0.461 e. The molecule has 8 heteroatoms. The van der Waals surface area contributed by atoms with E-state index in [4.69, 9.17) is 4.74 Å². The fraction of sp³-hybridized carbons (Fsp3) is 0.375. The molecule has 1 aliphatic rings. The third-order valence-corrected chi connectivity index (χ3v) is 3.97. The van der Waals surface area contributed by atoms with E-state index in [0.29, 0.717) is 23.8 Å². The van der Waals surface area contributed by atoms with Gasteiger partial charge in [-0.1, -0.05) is 5.21 Å². The van der Waals surface area contributed by atoms with Gasteiger partial charge in [-0.15, -0.1) is 5.10 Å². The lowest BCUT2D eigenvalue weighted by Crippen LogP contribution is -2.05. The molecule has 7 nitrogen and oxygen atoms in total. The highest BCUT2D eigenvalue weighted by Gasteiger charge is 2.25. The van der Waals surface area contributed by atoms with Gasteiger partial charge in [0.15, 0.2) is 17.2 Å². The first-order valence-corrected chi connectivity index (χ1v) is 7.88. The molecule has 3 aromatic heterocycles. The van der Waals surface area contributed by atoms with Crippen LogP contribution in [-0.4, -0.2) is 37.0 Å². The molecular weight excluding hydrogens is 313 g/mol. The molecule has 0 saturated heterocycles. The van der Waals surface area contributed by atoms with Crippen LogP contribution in [0, 0.1) is 5.82 Å². The number of hydrogen-bond donors (Lipinski definition) is 0. The van der Waals surface area contributed by atoms with Gasteiger partial charge in [-0.3, -0.25) is 0 Å². The molecular formula is C16H16FN5O2. The Balaban J connectivity index is 1.58. The zero-order chi connectivity index (χ0) is 16.7. The molecule has 0 atom stereocenters. The van der Waals surface area contributed by atoms with Crippen LogP contribution in [0.15, 0.2) is 24.7 Å². The topological polar surface area (TPSA) is 74.3 Å². The molecule has 4 rings (SSSR count). The summed E-state index contributed by atoms with van der Waals surface area (Å²) in [7, 11) is 0. The number of nitrogens with zero attached hydrogens (tertiary/aromatic N) is 5. The number of imidazole rings is 1. The molecule has 1 fully saturated rings. The average molecular weight is 329 g/mol. The van der Waals surface area contributed by atoms with Gasteiger partial charge in [-0.25, -0.2) is 18.9 Å². The van der Waals surface area contributed by atoms with E-state index in [0.717, 1.165) is 18.4 Å². The maximum absolute atomic E-state index is 14.2. The smallest absolute Gasteiger partial charge is 0.360 e. The molecule has 3 aromatic rings. The van der Waals surface area contributed by atoms with Gasteiger partial charge < -0.3 is 9.14 Å². The predicted octanol–water partition coefficient (Wildman–Crippen LogP) is 2.17. The molecule has 0 amide bonds. The molecule has 0 radical (unpaired) electrons. The Bertz CT molecular complexity index is 912. The third kappa shape index (κ3) is 2.75. The number of rotatable bonds is 5. The zero-order valence-corrected chi connectivity index (χ0v) is 13.1. The van der Waals surface area contributed by atoms with Crippen LogP contribution < -0.4 is 0 Å². The second-order valence-corrected chi connectivity index (χ2v) is 5.88. The Kier molecular flexibility index (Phi) is 3.51. The first kappa shape index (κ1) is 14.8. The summed E-state index contributed by atoms with van der Waals surface area (Å²) in [4.78, 5) is 15.9. The molecule has 0 aliphatic heterocycles. The van der Waals surface area contributed by atoms with Crippen LogP contribution >= 0.6 is 0 Å². The number of hydrogen-bond acceptors (Lipinski definition) is 5. The van der Waals surface area contributed by atoms with E-state index in [1.165, 1.54) is 10.9 Å². The van der Waals surface area contributed by atoms with Crippen LogP contribution in [-0.2, 0) is 11.3 Å². The molecule has 0 spiro atoms. The summed E-state index contributed by atoms with van der Waals surface area (Å²) < 4.78 is 22.3. The van der Waals surface area contributed by atoms with Gasteiger partial charge in [0.1, 0.15) is 0 Å². The molecule has 0 aromatic carbocycles. The van der Waals surface area contributed by atoms with E-state index < -0.39 is 5.97 Å². The number of carbonyl (C=O) groups excluding carboxylic acids is 1. The Hall–Kier alpha value is -2.77. The number of esters is 1. The van der Waals surface area contributed by atoms with Crippen LogP contribution in [0.1, 0.15) is 47.4 Å². The standard InChI is InChI=1S/C16H16FN5O2/c1-2-24-16(23)14-9-22(20-19-14)8-12-7-21-6-11(10-3-4-10)5-13(17)15(21)18-12/h5-7,9-10H,2-4,8H2,1H3. The summed E-state index contributed by atoms with van der Waals surface area (Å²) in [5.74, 6) is -0.368. The zero-order valence-electron chi connectivity index (χ0n) is 13.1. The van der Waals surface area contributed by atoms with Gasteiger partial charge in [0.05, 0.1) is 25.0 Å². The third-order valence-electron chi connectivity index (χ3n) is 3.97. The first-order valence-electron chi connectivity index (χ1n) is 7.88. The number of pyridine rings is 1. The van der Waals surface area contributed by atoms with Crippen molar-refractivity contribution in [1.29, 1.82) is 0 Å². The second-order valence-electron chi connectivity index (χ2n) is 5.88. The summed E-state index contributed by atoms with van der Waals surface area (Å²) >= 11 is 0. The van der Waals surface area contributed by atoms with Crippen molar-refractivity contribution in [2.45, 2.75) is 32.2 Å². The SMILES string of the molecule is CCOC(=O)c1cn(Cc2cn3cc(C4CC4)cc(F)c3n2)nn1. The highest BCUT2D eigenvalue weighted by Crippen LogP contribution is 2.40. The fourth-order valence-corrected chi connectivity index (χ4v) is 2.68. The molecule has 24 heavy (non-hydrogen) atoms. The molecule has 0 N–H and O–H groups in total. The normalized spacial score (nSPS) is 14.2. The molecule has 124 valence electrons. The van der Waals surface area contributed by atoms with E-state index >= 15 is 0 Å². The van der Waals surface area contributed by atoms with Gasteiger partial charge in [-0.05, 0) is 37.3 Å². The van der Waals surface area contributed by atoms with Gasteiger partial charge >= 0.3 is 5.97 Å². The summed E-state index contributed by atoms with van der Waals surface area (Å²) in [6.07, 6.45) is 7.42. The molecule has 0 unspecified atom stereocenters. The van der Waals surface area contributed by atoms with Crippen LogP contribution in [0.2, 0.25) is 0 Å². The van der Waals surface area contributed by atoms with E-state index in [9.17, 15) is 9.18 Å². The minimum atomic E-state index is -0.515. The summed E-state index contributed by atoms with van der Waals surface area (Å²) in [6.45, 7) is 2.30. The number of fused-ring (bicyclic) bond motifs is 1. The Morgan fingerprint density at radius 2 is 2.21 bits per heavy atom. The molecule has 0 bridgehead atoms. The first-order chi connectivity index (χ1) is 11.6. The quantitative estimate of drug-likeness (QED) is 0.671. The van der Waals surface area contributed by atoms with E-state index in [1.807, 2.05) is 6.20 Å². The Morgan fingerprint density at radius 3 is 2.96 bits per heavy atom. The molecule has 1 aliphatic carbocycles. The van der Waals surface area contributed by atoms with Crippen molar-refractivity contribution < 1.29 is 13.9 Å². The average Bonchev–Trinajstić information content (AvgIpc) is 3.16. The van der Waals surface area contributed by atoms with Crippen molar-refractivity contribution in [2.75, 3.05) is 6.61 Å². The lowest BCUT2D eigenvalue weighted by molar-refractivity contribution is 0.0519. The molecule has 3 heterocycles. The lowest BCUT2D eigenvalue weighted by Gasteiger charge is -2.00. The van der Waals surface area contributed by atoms with Crippen LogP contribution in [0.25, 0.3) is 5.65 Å². The number of carbonyl (C=O) groups is 1. The van der Waals surface area contributed by atoms with Crippen molar-refractivity contribution in [3.05, 3.63) is 47.4 Å². The van der Waals surface area contributed by atoms with Gasteiger partial charge in [-0.2, -0.15) is 0 Å². The minimum absolute atomic E-state index is 0.141. The number of halogens is 1. The van der Waals surface area contributed by atoms with Gasteiger partial charge in [0, 0.05) is 12.4 Å². The van der Waals surface area contributed by atoms with Crippen molar-refractivity contribution in [3.63, 3.8) is 0 Å². The summed E-state index contributed by atoms with van der Waals surface area (Å²) in [5, 5.41) is 7.66. The van der Waals surface area contributed by atoms with Gasteiger partial charge in [0.25, 0.3) is 0 Å². The summed E-state index contributed by atoms with van der Waals surface area (Å²) in [5.41, 5.74) is 2.08. The van der Waals surface area contributed by atoms with Crippen molar-refractivity contribution in [3.8, 4) is 0 Å². The van der Waals surface area contributed by atoms with Crippen LogP contribution in [0.5, 0.6) is 0 Å². The Labute approximate surface area is 137 Å². The van der Waals surface area contributed by atoms with E-state index in [1.54, 1.807) is 23.6 Å². The minimum Gasteiger partial charge on any atom is -0.461 e. The fourth-order valence-electron chi connectivity index (χ4n) is 2.68. The predicted molar refractivity (Wildman–Crippen MR) is 82.2 cm³/mol.